The monoisotopic (exact) mass is 332 g/mol. The van der Waals surface area contributed by atoms with Crippen LogP contribution in [0.15, 0.2) is 42.5 Å². The smallest absolute Gasteiger partial charge is 0.256 e. The highest BCUT2D eigenvalue weighted by molar-refractivity contribution is 6.23. The van der Waals surface area contributed by atoms with E-state index in [-0.39, 0.29) is 18.0 Å². The number of nitrogens with zero attached hydrogens (tertiary/aromatic N) is 1. The number of halogens is 2. The highest BCUT2D eigenvalue weighted by Crippen LogP contribution is 2.28. The van der Waals surface area contributed by atoms with Crippen LogP contribution >= 0.6 is 0 Å². The van der Waals surface area contributed by atoms with Crippen LogP contribution in [0.5, 0.6) is 5.75 Å². The normalized spacial score (nSPS) is 17.3. The molecule has 0 saturated carbocycles. The van der Waals surface area contributed by atoms with Gasteiger partial charge in [-0.25, -0.2) is 13.7 Å². The van der Waals surface area contributed by atoms with E-state index in [1.54, 1.807) is 24.3 Å². The molecular weight excluding hydrogens is 318 g/mol. The molecule has 0 aliphatic carbocycles. The maximum atomic E-state index is 13.3. The minimum atomic E-state index is -1.03. The summed E-state index contributed by atoms with van der Waals surface area (Å²) in [6.45, 7) is 0. The SMILES string of the molecule is COc1cccc(N2C(=O)C[C@H](Nc3ccc(F)c(F)c3)C2=O)c1. The first-order chi connectivity index (χ1) is 11.5. The Morgan fingerprint density at radius 2 is 1.92 bits per heavy atom. The summed E-state index contributed by atoms with van der Waals surface area (Å²) < 4.78 is 31.3. The van der Waals surface area contributed by atoms with Gasteiger partial charge in [-0.1, -0.05) is 6.07 Å². The van der Waals surface area contributed by atoms with Crippen molar-refractivity contribution in [2.45, 2.75) is 12.5 Å². The van der Waals surface area contributed by atoms with Gasteiger partial charge in [0.2, 0.25) is 5.91 Å². The molecule has 24 heavy (non-hydrogen) atoms. The minimum absolute atomic E-state index is 0.0744. The van der Waals surface area contributed by atoms with E-state index in [0.717, 1.165) is 17.0 Å². The third-order valence-electron chi connectivity index (χ3n) is 3.72. The van der Waals surface area contributed by atoms with E-state index < -0.39 is 23.6 Å². The van der Waals surface area contributed by atoms with Gasteiger partial charge in [0.05, 0.1) is 19.2 Å². The lowest BCUT2D eigenvalue weighted by Crippen LogP contribution is -2.34. The molecule has 0 spiro atoms. The largest absolute Gasteiger partial charge is 0.497 e. The van der Waals surface area contributed by atoms with Crippen LogP contribution in [0.2, 0.25) is 0 Å². The van der Waals surface area contributed by atoms with Crippen LogP contribution in [-0.4, -0.2) is 25.0 Å². The van der Waals surface area contributed by atoms with E-state index in [4.69, 9.17) is 4.74 Å². The number of carbonyl (C=O) groups is 2. The molecule has 2 amide bonds. The van der Waals surface area contributed by atoms with Gasteiger partial charge in [0, 0.05) is 17.8 Å². The summed E-state index contributed by atoms with van der Waals surface area (Å²) in [6, 6.07) is 8.95. The van der Waals surface area contributed by atoms with E-state index in [0.29, 0.717) is 11.4 Å². The summed E-state index contributed by atoms with van der Waals surface area (Å²) in [4.78, 5) is 25.8. The second-order valence-corrected chi connectivity index (χ2v) is 5.30. The molecule has 1 saturated heterocycles. The van der Waals surface area contributed by atoms with Crippen LogP contribution in [0, 0.1) is 11.6 Å². The Morgan fingerprint density at radius 1 is 1.12 bits per heavy atom. The lowest BCUT2D eigenvalue weighted by atomic mass is 10.2. The quantitative estimate of drug-likeness (QED) is 0.875. The standard InChI is InChI=1S/C17H14F2N2O3/c1-24-12-4-2-3-11(8-12)21-16(22)9-15(17(21)23)20-10-5-6-13(18)14(19)7-10/h2-8,15,20H,9H2,1H3/t15-/m0/s1. The van der Waals surface area contributed by atoms with Crippen molar-refractivity contribution in [2.24, 2.45) is 0 Å². The first-order valence-corrected chi connectivity index (χ1v) is 7.22. The van der Waals surface area contributed by atoms with Crippen LogP contribution in [0.25, 0.3) is 0 Å². The fourth-order valence-corrected chi connectivity index (χ4v) is 2.55. The first kappa shape index (κ1) is 15.9. The highest BCUT2D eigenvalue weighted by Gasteiger charge is 2.39. The van der Waals surface area contributed by atoms with Gasteiger partial charge < -0.3 is 10.1 Å². The van der Waals surface area contributed by atoms with E-state index in [1.807, 2.05) is 0 Å². The summed E-state index contributed by atoms with van der Waals surface area (Å²) in [5.41, 5.74) is 0.631. The number of hydrogen-bond acceptors (Lipinski definition) is 4. The number of methoxy groups -OCH3 is 1. The predicted molar refractivity (Wildman–Crippen MR) is 83.9 cm³/mol. The maximum Gasteiger partial charge on any atom is 0.256 e. The Bertz CT molecular complexity index is 810. The molecule has 1 aliphatic rings. The summed E-state index contributed by atoms with van der Waals surface area (Å²) >= 11 is 0. The molecule has 2 aromatic rings. The first-order valence-electron chi connectivity index (χ1n) is 7.22. The van der Waals surface area contributed by atoms with Gasteiger partial charge in [-0.3, -0.25) is 9.59 Å². The van der Waals surface area contributed by atoms with E-state index in [2.05, 4.69) is 5.32 Å². The molecule has 3 rings (SSSR count). The fourth-order valence-electron chi connectivity index (χ4n) is 2.55. The molecule has 1 heterocycles. The number of anilines is 2. The Labute approximate surface area is 136 Å². The molecule has 1 N–H and O–H groups in total. The molecule has 1 atom stereocenters. The van der Waals surface area contributed by atoms with Gasteiger partial charge in [0.1, 0.15) is 11.8 Å². The van der Waals surface area contributed by atoms with Gasteiger partial charge in [-0.15, -0.1) is 0 Å². The lowest BCUT2D eigenvalue weighted by Gasteiger charge is -2.16. The topological polar surface area (TPSA) is 58.6 Å². The molecular formula is C17H14F2N2O3. The van der Waals surface area contributed by atoms with Crippen molar-refractivity contribution < 1.29 is 23.1 Å². The van der Waals surface area contributed by atoms with Gasteiger partial charge >= 0.3 is 0 Å². The van der Waals surface area contributed by atoms with Crippen LogP contribution < -0.4 is 15.0 Å². The lowest BCUT2D eigenvalue weighted by molar-refractivity contribution is -0.121. The number of nitrogens with one attached hydrogen (secondary N) is 1. The van der Waals surface area contributed by atoms with E-state index in [1.165, 1.54) is 13.2 Å². The Kier molecular flexibility index (Phi) is 4.16. The number of rotatable bonds is 4. The van der Waals surface area contributed by atoms with Gasteiger partial charge in [0.15, 0.2) is 11.6 Å². The number of ether oxygens (including phenoxy) is 1. The van der Waals surface area contributed by atoms with Crippen LogP contribution in [0.1, 0.15) is 6.42 Å². The number of hydrogen-bond donors (Lipinski definition) is 1. The molecule has 1 aliphatic heterocycles. The maximum absolute atomic E-state index is 13.3. The van der Waals surface area contributed by atoms with Crippen LogP contribution in [0.3, 0.4) is 0 Å². The Balaban J connectivity index is 1.82. The molecule has 0 bridgehead atoms. The van der Waals surface area contributed by atoms with Gasteiger partial charge in [0.25, 0.3) is 5.91 Å². The summed E-state index contributed by atoms with van der Waals surface area (Å²) in [7, 11) is 1.49. The number of amides is 2. The zero-order valence-corrected chi connectivity index (χ0v) is 12.8. The van der Waals surface area contributed by atoms with Crippen molar-refractivity contribution in [2.75, 3.05) is 17.3 Å². The zero-order valence-electron chi connectivity index (χ0n) is 12.8. The summed E-state index contributed by atoms with van der Waals surface area (Å²) in [5.74, 6) is -2.33. The average Bonchev–Trinajstić information content (AvgIpc) is 2.85. The van der Waals surface area contributed by atoms with Crippen molar-refractivity contribution in [1.82, 2.24) is 0 Å². The minimum Gasteiger partial charge on any atom is -0.497 e. The molecule has 2 aromatic carbocycles. The van der Waals surface area contributed by atoms with Crippen molar-refractivity contribution in [3.63, 3.8) is 0 Å². The summed E-state index contributed by atoms with van der Waals surface area (Å²) in [5, 5.41) is 2.77. The summed E-state index contributed by atoms with van der Waals surface area (Å²) in [6.07, 6.45) is -0.0744. The Hall–Kier alpha value is -2.96. The third-order valence-corrected chi connectivity index (χ3v) is 3.72. The molecule has 1 fully saturated rings. The molecule has 7 heteroatoms. The number of carbonyl (C=O) groups excluding carboxylic acids is 2. The van der Waals surface area contributed by atoms with Crippen molar-refractivity contribution >= 4 is 23.2 Å². The molecule has 5 nitrogen and oxygen atoms in total. The van der Waals surface area contributed by atoms with Gasteiger partial charge in [-0.05, 0) is 24.3 Å². The van der Waals surface area contributed by atoms with E-state index >= 15 is 0 Å². The second kappa shape index (κ2) is 6.27. The molecule has 0 aromatic heterocycles. The predicted octanol–water partition coefficient (Wildman–Crippen LogP) is 2.72. The van der Waals surface area contributed by atoms with Crippen molar-refractivity contribution in [1.29, 1.82) is 0 Å². The zero-order chi connectivity index (χ0) is 17.3. The van der Waals surface area contributed by atoms with Crippen LogP contribution in [0.4, 0.5) is 20.2 Å². The third kappa shape index (κ3) is 2.92. The van der Waals surface area contributed by atoms with Crippen molar-refractivity contribution in [3.8, 4) is 5.75 Å². The highest BCUT2D eigenvalue weighted by atomic mass is 19.2. The number of benzene rings is 2. The second-order valence-electron chi connectivity index (χ2n) is 5.30. The average molecular weight is 332 g/mol. The van der Waals surface area contributed by atoms with Gasteiger partial charge in [-0.2, -0.15) is 0 Å². The molecule has 0 unspecified atom stereocenters. The fraction of sp³-hybridized carbons (Fsp3) is 0.176. The number of imide groups is 1. The molecule has 124 valence electrons. The van der Waals surface area contributed by atoms with E-state index in [9.17, 15) is 18.4 Å². The van der Waals surface area contributed by atoms with Crippen molar-refractivity contribution in [3.05, 3.63) is 54.1 Å². The van der Waals surface area contributed by atoms with Crippen LogP contribution in [-0.2, 0) is 9.59 Å². The Morgan fingerprint density at radius 3 is 2.62 bits per heavy atom. The molecule has 0 radical (unpaired) electrons.